The van der Waals surface area contributed by atoms with Crippen molar-refractivity contribution in [2.45, 2.75) is 25.6 Å². The van der Waals surface area contributed by atoms with Crippen LogP contribution in [0.25, 0.3) is 0 Å². The number of carbonyl (C=O) groups is 1. The number of furan rings is 1. The van der Waals surface area contributed by atoms with Crippen molar-refractivity contribution in [3.63, 3.8) is 0 Å². The van der Waals surface area contributed by atoms with Crippen LogP contribution in [0.5, 0.6) is 0 Å². The number of hydrogen-bond acceptors (Lipinski definition) is 5. The smallest absolute Gasteiger partial charge is 0.289 e. The third kappa shape index (κ3) is 2.95. The molecule has 2 atom stereocenters. The molecule has 0 bridgehead atoms. The van der Waals surface area contributed by atoms with Gasteiger partial charge in [-0.1, -0.05) is 0 Å². The minimum Gasteiger partial charge on any atom is -0.456 e. The van der Waals surface area contributed by atoms with E-state index in [4.69, 9.17) is 9.15 Å². The predicted octanol–water partition coefficient (Wildman–Crippen LogP) is 1.71. The molecule has 24 heavy (non-hydrogen) atoms. The van der Waals surface area contributed by atoms with Crippen molar-refractivity contribution >= 4 is 5.91 Å². The molecule has 0 aliphatic carbocycles. The molecule has 2 aromatic heterocycles. The van der Waals surface area contributed by atoms with Gasteiger partial charge in [-0.15, -0.1) is 0 Å². The fraction of sp³-hybridized carbons (Fsp3) is 0.444. The number of aryl methyl sites for hydroxylation is 1. The minimum absolute atomic E-state index is 0.0510. The van der Waals surface area contributed by atoms with Crippen LogP contribution in [0.15, 0.2) is 41.1 Å². The van der Waals surface area contributed by atoms with Crippen LogP contribution < -0.4 is 0 Å². The van der Waals surface area contributed by atoms with Gasteiger partial charge in [-0.25, -0.2) is 0 Å². The lowest BCUT2D eigenvalue weighted by molar-refractivity contribution is -0.0503. The number of pyridine rings is 1. The molecule has 4 heterocycles. The third-order valence-electron chi connectivity index (χ3n) is 4.79. The zero-order valence-corrected chi connectivity index (χ0v) is 13.7. The maximum absolute atomic E-state index is 12.6. The van der Waals surface area contributed by atoms with Gasteiger partial charge in [0.2, 0.25) is 0 Å². The summed E-state index contributed by atoms with van der Waals surface area (Å²) >= 11 is 0. The molecular formula is C18H21N3O3. The maximum Gasteiger partial charge on any atom is 0.289 e. The highest BCUT2D eigenvalue weighted by Crippen LogP contribution is 2.26. The Hall–Kier alpha value is -2.18. The second-order valence-electron chi connectivity index (χ2n) is 6.42. The first-order chi connectivity index (χ1) is 11.7. The second-order valence-corrected chi connectivity index (χ2v) is 6.42. The number of nitrogens with zero attached hydrogens (tertiary/aromatic N) is 3. The summed E-state index contributed by atoms with van der Waals surface area (Å²) < 4.78 is 11.4. The van der Waals surface area contributed by atoms with E-state index in [-0.39, 0.29) is 18.1 Å². The fourth-order valence-corrected chi connectivity index (χ4v) is 3.55. The van der Waals surface area contributed by atoms with Crippen LogP contribution in [0.2, 0.25) is 0 Å². The lowest BCUT2D eigenvalue weighted by Crippen LogP contribution is -2.50. The number of likely N-dealkylation sites (tertiary alicyclic amines) is 1. The molecule has 2 aliphatic rings. The van der Waals surface area contributed by atoms with E-state index < -0.39 is 0 Å². The summed E-state index contributed by atoms with van der Waals surface area (Å²) in [6.45, 7) is 5.58. The van der Waals surface area contributed by atoms with Crippen molar-refractivity contribution in [3.05, 3.63) is 53.7 Å². The molecule has 0 aromatic carbocycles. The summed E-state index contributed by atoms with van der Waals surface area (Å²) in [5, 5.41) is 0. The standard InChI is InChI=1S/C18H21N3O3/c1-13-2-3-16(24-13)18(22)21-11-15-17(12-21)23-9-8-20(15)10-14-4-6-19-7-5-14/h2-7,15,17H,8-12H2,1H3. The Labute approximate surface area is 141 Å². The van der Waals surface area contributed by atoms with Crippen LogP contribution in [-0.4, -0.2) is 59.1 Å². The summed E-state index contributed by atoms with van der Waals surface area (Å²) in [5.41, 5.74) is 1.23. The Morgan fingerprint density at radius 1 is 1.25 bits per heavy atom. The van der Waals surface area contributed by atoms with Crippen LogP contribution in [0.4, 0.5) is 0 Å². The molecule has 1 amide bonds. The van der Waals surface area contributed by atoms with Crippen LogP contribution in [0, 0.1) is 6.92 Å². The first kappa shape index (κ1) is 15.4. The van der Waals surface area contributed by atoms with E-state index in [0.29, 0.717) is 25.5 Å². The summed E-state index contributed by atoms with van der Waals surface area (Å²) in [7, 11) is 0. The molecule has 4 rings (SSSR count). The van der Waals surface area contributed by atoms with Gasteiger partial charge in [-0.2, -0.15) is 0 Å². The topological polar surface area (TPSA) is 58.8 Å². The lowest BCUT2D eigenvalue weighted by atomic mass is 10.1. The molecule has 6 heteroatoms. The SMILES string of the molecule is Cc1ccc(C(=O)N2CC3OCCN(Cc4ccncc4)C3C2)o1. The fourth-order valence-electron chi connectivity index (χ4n) is 3.55. The van der Waals surface area contributed by atoms with Gasteiger partial charge in [0.25, 0.3) is 5.91 Å². The van der Waals surface area contributed by atoms with E-state index in [9.17, 15) is 4.79 Å². The number of hydrogen-bond donors (Lipinski definition) is 0. The summed E-state index contributed by atoms with van der Waals surface area (Å²) in [6.07, 6.45) is 3.70. The molecular weight excluding hydrogens is 306 g/mol. The average molecular weight is 327 g/mol. The van der Waals surface area contributed by atoms with E-state index in [1.807, 2.05) is 42.4 Å². The number of amides is 1. The number of rotatable bonds is 3. The zero-order valence-electron chi connectivity index (χ0n) is 13.7. The van der Waals surface area contributed by atoms with Crippen molar-refractivity contribution in [2.75, 3.05) is 26.2 Å². The third-order valence-corrected chi connectivity index (χ3v) is 4.79. The van der Waals surface area contributed by atoms with Crippen LogP contribution in [0.1, 0.15) is 21.9 Å². The van der Waals surface area contributed by atoms with Crippen LogP contribution >= 0.6 is 0 Å². The summed E-state index contributed by atoms with van der Waals surface area (Å²) in [4.78, 5) is 20.9. The van der Waals surface area contributed by atoms with E-state index in [0.717, 1.165) is 18.8 Å². The molecule has 0 N–H and O–H groups in total. The van der Waals surface area contributed by atoms with E-state index >= 15 is 0 Å². The van der Waals surface area contributed by atoms with Gasteiger partial charge in [-0.3, -0.25) is 14.7 Å². The highest BCUT2D eigenvalue weighted by atomic mass is 16.5. The van der Waals surface area contributed by atoms with Gasteiger partial charge in [0.05, 0.1) is 18.8 Å². The molecule has 2 aliphatic heterocycles. The van der Waals surface area contributed by atoms with E-state index in [1.54, 1.807) is 6.07 Å². The number of carbonyl (C=O) groups excluding carboxylic acids is 1. The number of ether oxygens (including phenoxy) is 1. The Balaban J connectivity index is 1.47. The molecule has 0 saturated carbocycles. The lowest BCUT2D eigenvalue weighted by Gasteiger charge is -2.36. The van der Waals surface area contributed by atoms with Crippen molar-refractivity contribution in [1.82, 2.24) is 14.8 Å². The minimum atomic E-state index is -0.0510. The second kappa shape index (κ2) is 6.37. The van der Waals surface area contributed by atoms with Gasteiger partial charge in [0, 0.05) is 38.6 Å². The normalized spacial score (nSPS) is 24.1. The highest BCUT2D eigenvalue weighted by molar-refractivity contribution is 5.91. The molecule has 2 unspecified atom stereocenters. The van der Waals surface area contributed by atoms with Gasteiger partial charge in [-0.05, 0) is 36.8 Å². The van der Waals surface area contributed by atoms with E-state index in [1.165, 1.54) is 5.56 Å². The quantitative estimate of drug-likeness (QED) is 0.859. The maximum atomic E-state index is 12.6. The van der Waals surface area contributed by atoms with E-state index in [2.05, 4.69) is 9.88 Å². The summed E-state index contributed by atoms with van der Waals surface area (Å²) in [5.74, 6) is 1.11. The van der Waals surface area contributed by atoms with Gasteiger partial charge in [0.1, 0.15) is 5.76 Å². The predicted molar refractivity (Wildman–Crippen MR) is 87.5 cm³/mol. The number of aromatic nitrogens is 1. The number of fused-ring (bicyclic) bond motifs is 1. The Morgan fingerprint density at radius 2 is 2.08 bits per heavy atom. The average Bonchev–Trinajstić information content (AvgIpc) is 3.22. The molecule has 2 fully saturated rings. The largest absolute Gasteiger partial charge is 0.456 e. The molecule has 0 radical (unpaired) electrons. The summed E-state index contributed by atoms with van der Waals surface area (Å²) in [6, 6.07) is 7.87. The Bertz CT molecular complexity index is 715. The first-order valence-corrected chi connectivity index (χ1v) is 8.31. The zero-order chi connectivity index (χ0) is 16.5. The number of morpholine rings is 1. The molecule has 2 aromatic rings. The Morgan fingerprint density at radius 3 is 2.83 bits per heavy atom. The van der Waals surface area contributed by atoms with Crippen molar-refractivity contribution in [3.8, 4) is 0 Å². The van der Waals surface area contributed by atoms with Gasteiger partial charge >= 0.3 is 0 Å². The van der Waals surface area contributed by atoms with Gasteiger partial charge < -0.3 is 14.1 Å². The Kier molecular flexibility index (Phi) is 4.08. The van der Waals surface area contributed by atoms with Crippen molar-refractivity contribution in [1.29, 1.82) is 0 Å². The van der Waals surface area contributed by atoms with Crippen LogP contribution in [0.3, 0.4) is 0 Å². The first-order valence-electron chi connectivity index (χ1n) is 8.31. The monoisotopic (exact) mass is 327 g/mol. The molecule has 0 spiro atoms. The van der Waals surface area contributed by atoms with Crippen molar-refractivity contribution in [2.24, 2.45) is 0 Å². The molecule has 126 valence electrons. The molecule has 6 nitrogen and oxygen atoms in total. The van der Waals surface area contributed by atoms with Gasteiger partial charge in [0.15, 0.2) is 5.76 Å². The molecule has 2 saturated heterocycles. The highest BCUT2D eigenvalue weighted by Gasteiger charge is 2.42. The van der Waals surface area contributed by atoms with Crippen LogP contribution in [-0.2, 0) is 11.3 Å². The van der Waals surface area contributed by atoms with Crippen molar-refractivity contribution < 1.29 is 13.9 Å².